The lowest BCUT2D eigenvalue weighted by Gasteiger charge is -2.11. The molecule has 0 fully saturated rings. The Morgan fingerprint density at radius 3 is 1.97 bits per heavy atom. The zero-order valence-electron chi connectivity index (χ0n) is 16.7. The minimum Gasteiger partial charge on any atom is -0.260 e. The van der Waals surface area contributed by atoms with Crippen LogP contribution in [0.15, 0.2) is 78.9 Å². The predicted octanol–water partition coefficient (Wildman–Crippen LogP) is 6.90. The molecule has 152 valence electrons. The van der Waals surface area contributed by atoms with Gasteiger partial charge in [-0.15, -0.1) is 0 Å². The summed E-state index contributed by atoms with van der Waals surface area (Å²) in [6.07, 6.45) is -4.37. The highest BCUT2D eigenvalue weighted by molar-refractivity contribution is 5.69. The number of aryl methyl sites for hydroxylation is 2. The van der Waals surface area contributed by atoms with Gasteiger partial charge < -0.3 is 0 Å². The van der Waals surface area contributed by atoms with Crippen LogP contribution in [0.5, 0.6) is 0 Å². The van der Waals surface area contributed by atoms with Gasteiger partial charge >= 0.3 is 6.18 Å². The van der Waals surface area contributed by atoms with E-state index in [9.17, 15) is 13.2 Å². The molecule has 3 aromatic carbocycles. The lowest BCUT2D eigenvalue weighted by Crippen LogP contribution is -2.08. The zero-order chi connectivity index (χ0) is 21.3. The van der Waals surface area contributed by atoms with Crippen LogP contribution in [-0.4, -0.2) is 9.78 Å². The monoisotopic (exact) mass is 406 g/mol. The second-order valence-electron chi connectivity index (χ2n) is 7.50. The summed E-state index contributed by atoms with van der Waals surface area (Å²) in [5, 5.41) is 4.73. The Morgan fingerprint density at radius 1 is 0.767 bits per heavy atom. The molecule has 0 aliphatic heterocycles. The average Bonchev–Trinajstić information content (AvgIpc) is 3.12. The average molecular weight is 406 g/mol. The number of alkyl halides is 3. The molecular weight excluding hydrogens is 385 g/mol. The van der Waals surface area contributed by atoms with Crippen molar-refractivity contribution in [2.75, 3.05) is 0 Å². The highest BCUT2D eigenvalue weighted by atomic mass is 19.4. The summed E-state index contributed by atoms with van der Waals surface area (Å²) in [6.45, 7) is 4.29. The molecule has 0 aliphatic carbocycles. The molecule has 30 heavy (non-hydrogen) atoms. The van der Waals surface area contributed by atoms with Crippen molar-refractivity contribution >= 4 is 0 Å². The summed E-state index contributed by atoms with van der Waals surface area (Å²) in [7, 11) is 0. The molecule has 0 radical (unpaired) electrons. The lowest BCUT2D eigenvalue weighted by molar-refractivity contribution is -0.137. The highest BCUT2D eigenvalue weighted by Gasteiger charge is 2.30. The van der Waals surface area contributed by atoms with E-state index in [0.29, 0.717) is 5.56 Å². The van der Waals surface area contributed by atoms with Crippen LogP contribution in [-0.2, 0) is 12.7 Å². The Labute approximate surface area is 173 Å². The molecule has 1 heterocycles. The Morgan fingerprint density at radius 2 is 1.37 bits per heavy atom. The van der Waals surface area contributed by atoms with Crippen molar-refractivity contribution in [3.05, 3.63) is 101 Å². The van der Waals surface area contributed by atoms with E-state index in [1.807, 2.05) is 68.4 Å². The van der Waals surface area contributed by atoms with Crippen molar-refractivity contribution in [3.8, 4) is 22.5 Å². The molecule has 0 amide bonds. The topological polar surface area (TPSA) is 17.8 Å². The highest BCUT2D eigenvalue weighted by Crippen LogP contribution is 2.31. The number of benzene rings is 3. The van der Waals surface area contributed by atoms with E-state index < -0.39 is 11.7 Å². The Hall–Kier alpha value is -3.34. The minimum atomic E-state index is -4.37. The summed E-state index contributed by atoms with van der Waals surface area (Å²) in [5.74, 6) is 0. The second-order valence-corrected chi connectivity index (χ2v) is 7.50. The third kappa shape index (κ3) is 4.30. The van der Waals surface area contributed by atoms with Crippen molar-refractivity contribution in [2.24, 2.45) is 0 Å². The van der Waals surface area contributed by atoms with Gasteiger partial charge in [0.05, 0.1) is 23.5 Å². The van der Waals surface area contributed by atoms with Crippen LogP contribution >= 0.6 is 0 Å². The normalized spacial score (nSPS) is 11.6. The van der Waals surface area contributed by atoms with Crippen molar-refractivity contribution in [1.29, 1.82) is 0 Å². The van der Waals surface area contributed by atoms with Crippen molar-refractivity contribution in [2.45, 2.75) is 26.6 Å². The molecule has 1 aromatic heterocycles. The molecule has 0 unspecified atom stereocenters. The molecular formula is C25H21F3N2. The summed E-state index contributed by atoms with van der Waals surface area (Å²) < 4.78 is 41.1. The van der Waals surface area contributed by atoms with Gasteiger partial charge in [-0.2, -0.15) is 18.3 Å². The van der Waals surface area contributed by atoms with Crippen molar-refractivity contribution in [1.82, 2.24) is 9.78 Å². The van der Waals surface area contributed by atoms with Crippen LogP contribution in [0.25, 0.3) is 22.5 Å². The van der Waals surface area contributed by atoms with Crippen LogP contribution in [0.4, 0.5) is 13.2 Å². The summed E-state index contributed by atoms with van der Waals surface area (Å²) in [4.78, 5) is 0. The third-order valence-corrected chi connectivity index (χ3v) is 5.06. The van der Waals surface area contributed by atoms with Crippen LogP contribution in [0.2, 0.25) is 0 Å². The first kappa shape index (κ1) is 20.0. The standard InChI is InChI=1S/C25H21F3N2/c1-17-6-10-20(11-7-17)23-15-24(21-12-8-18(2)9-13-21)30(29-23)16-19-4-3-5-22(14-19)25(26,27)28/h3-15H,16H2,1-2H3. The number of aromatic nitrogens is 2. The van der Waals surface area contributed by atoms with E-state index in [4.69, 9.17) is 5.10 Å². The maximum absolute atomic E-state index is 13.1. The van der Waals surface area contributed by atoms with Crippen LogP contribution < -0.4 is 0 Å². The molecule has 2 nitrogen and oxygen atoms in total. The minimum absolute atomic E-state index is 0.249. The van der Waals surface area contributed by atoms with E-state index in [0.717, 1.165) is 39.7 Å². The first-order chi connectivity index (χ1) is 14.3. The number of halogens is 3. The van der Waals surface area contributed by atoms with Gasteiger partial charge in [0.2, 0.25) is 0 Å². The summed E-state index contributed by atoms with van der Waals surface area (Å²) >= 11 is 0. The molecule has 0 saturated heterocycles. The van der Waals surface area contributed by atoms with Gasteiger partial charge in [0.15, 0.2) is 0 Å². The van der Waals surface area contributed by atoms with Gasteiger partial charge in [0.1, 0.15) is 0 Å². The summed E-state index contributed by atoms with van der Waals surface area (Å²) in [6, 6.07) is 23.5. The maximum atomic E-state index is 13.1. The lowest BCUT2D eigenvalue weighted by atomic mass is 10.1. The number of hydrogen-bond donors (Lipinski definition) is 0. The Kier molecular flexibility index (Phi) is 5.20. The largest absolute Gasteiger partial charge is 0.416 e. The molecule has 4 rings (SSSR count). The van der Waals surface area contributed by atoms with E-state index in [1.54, 1.807) is 10.7 Å². The Bertz CT molecular complexity index is 1150. The van der Waals surface area contributed by atoms with E-state index in [2.05, 4.69) is 0 Å². The molecule has 0 bridgehead atoms. The number of rotatable bonds is 4. The van der Waals surface area contributed by atoms with Crippen molar-refractivity contribution < 1.29 is 13.2 Å². The van der Waals surface area contributed by atoms with Gasteiger partial charge in [0, 0.05) is 5.56 Å². The van der Waals surface area contributed by atoms with Gasteiger partial charge in [-0.05, 0) is 43.2 Å². The fourth-order valence-electron chi connectivity index (χ4n) is 3.38. The maximum Gasteiger partial charge on any atom is 0.416 e. The fraction of sp³-hybridized carbons (Fsp3) is 0.160. The first-order valence-electron chi connectivity index (χ1n) is 9.68. The quantitative estimate of drug-likeness (QED) is 0.360. The molecule has 0 spiro atoms. The van der Waals surface area contributed by atoms with Gasteiger partial charge in [-0.1, -0.05) is 71.8 Å². The zero-order valence-corrected chi connectivity index (χ0v) is 16.7. The molecule has 0 N–H and O–H groups in total. The fourth-order valence-corrected chi connectivity index (χ4v) is 3.38. The van der Waals surface area contributed by atoms with Crippen LogP contribution in [0.1, 0.15) is 22.3 Å². The molecule has 0 atom stereocenters. The molecule has 4 aromatic rings. The smallest absolute Gasteiger partial charge is 0.260 e. The van der Waals surface area contributed by atoms with Gasteiger partial charge in [-0.25, -0.2) is 0 Å². The van der Waals surface area contributed by atoms with Crippen molar-refractivity contribution in [3.63, 3.8) is 0 Å². The SMILES string of the molecule is Cc1ccc(-c2cc(-c3ccc(C)cc3)n(Cc3cccc(C(F)(F)F)c3)n2)cc1. The second kappa shape index (κ2) is 7.82. The van der Waals surface area contributed by atoms with Crippen LogP contribution in [0.3, 0.4) is 0 Å². The first-order valence-corrected chi connectivity index (χ1v) is 9.68. The predicted molar refractivity (Wildman–Crippen MR) is 113 cm³/mol. The molecule has 0 saturated carbocycles. The van der Waals surface area contributed by atoms with E-state index >= 15 is 0 Å². The number of nitrogens with zero attached hydrogens (tertiary/aromatic N) is 2. The van der Waals surface area contributed by atoms with E-state index in [-0.39, 0.29) is 6.54 Å². The van der Waals surface area contributed by atoms with Crippen LogP contribution in [0, 0.1) is 13.8 Å². The van der Waals surface area contributed by atoms with Gasteiger partial charge in [-0.3, -0.25) is 4.68 Å². The molecule has 5 heteroatoms. The number of hydrogen-bond acceptors (Lipinski definition) is 1. The van der Waals surface area contributed by atoms with Gasteiger partial charge in [0.25, 0.3) is 0 Å². The Balaban J connectivity index is 1.77. The molecule has 0 aliphatic rings. The van der Waals surface area contributed by atoms with E-state index in [1.165, 1.54) is 12.1 Å². The summed E-state index contributed by atoms with van der Waals surface area (Å²) in [5.41, 5.74) is 5.79. The third-order valence-electron chi connectivity index (χ3n) is 5.06.